The first kappa shape index (κ1) is 22.2. The number of nitrogens with zero attached hydrogens (tertiary/aromatic N) is 1. The molecule has 0 saturated carbocycles. The Morgan fingerprint density at radius 3 is 2.52 bits per heavy atom. The molecule has 0 bridgehead atoms. The van der Waals surface area contributed by atoms with Crippen LogP contribution in [0.3, 0.4) is 0 Å². The third kappa shape index (κ3) is 4.45. The van der Waals surface area contributed by atoms with Crippen molar-refractivity contribution in [2.24, 2.45) is 0 Å². The highest BCUT2D eigenvalue weighted by atomic mass is 16.5. The summed E-state index contributed by atoms with van der Waals surface area (Å²) in [5, 5.41) is 10.1. The van der Waals surface area contributed by atoms with E-state index in [9.17, 15) is 5.11 Å². The van der Waals surface area contributed by atoms with Gasteiger partial charge in [0.05, 0.1) is 6.10 Å². The van der Waals surface area contributed by atoms with E-state index in [2.05, 4.69) is 80.3 Å². The first-order chi connectivity index (χ1) is 16.0. The molecule has 3 aromatic carbocycles. The number of aliphatic hydroxyl groups excluding tert-OH is 1. The molecule has 1 heterocycles. The topological polar surface area (TPSA) is 32.7 Å². The summed E-state index contributed by atoms with van der Waals surface area (Å²) in [6.07, 6.45) is 4.12. The van der Waals surface area contributed by atoms with Crippen LogP contribution in [0.5, 0.6) is 5.75 Å². The zero-order valence-electron chi connectivity index (χ0n) is 20.1. The molecule has 0 radical (unpaired) electrons. The Morgan fingerprint density at radius 2 is 1.76 bits per heavy atom. The van der Waals surface area contributed by atoms with Crippen LogP contribution in [0.15, 0.2) is 54.6 Å². The van der Waals surface area contributed by atoms with Crippen molar-refractivity contribution < 1.29 is 9.84 Å². The van der Waals surface area contributed by atoms with E-state index in [1.807, 2.05) is 0 Å². The second kappa shape index (κ2) is 9.32. The standard InChI is InChI=1S/C30H35NO2/c1-20-15-25(17-31-18-26(32)16-21(31)2)28-13-8-14-29(28)30(20)33-19-24-11-7-12-27(22(24)3)23-9-5-4-6-10-23/h4-7,9-12,15,21,26,32H,8,13-14,16-19H2,1-3H3/t21-,26-/m1/s1. The summed E-state index contributed by atoms with van der Waals surface area (Å²) in [6, 6.07) is 19.9. The number of hydrogen-bond acceptors (Lipinski definition) is 3. The number of hydrogen-bond donors (Lipinski definition) is 1. The number of fused-ring (bicyclic) bond motifs is 1. The van der Waals surface area contributed by atoms with E-state index in [-0.39, 0.29) is 6.10 Å². The highest BCUT2D eigenvalue weighted by Crippen LogP contribution is 2.38. The summed E-state index contributed by atoms with van der Waals surface area (Å²) in [4.78, 5) is 2.43. The van der Waals surface area contributed by atoms with Crippen LogP contribution in [0.2, 0.25) is 0 Å². The monoisotopic (exact) mass is 441 g/mol. The number of benzene rings is 3. The summed E-state index contributed by atoms with van der Waals surface area (Å²) in [5.74, 6) is 1.09. The molecule has 0 aromatic heterocycles. The minimum atomic E-state index is -0.188. The summed E-state index contributed by atoms with van der Waals surface area (Å²) < 4.78 is 6.55. The van der Waals surface area contributed by atoms with E-state index in [1.54, 1.807) is 0 Å². The fraction of sp³-hybridized carbons (Fsp3) is 0.400. The maximum atomic E-state index is 10.1. The Hall–Kier alpha value is -2.62. The van der Waals surface area contributed by atoms with Crippen LogP contribution in [0.1, 0.15) is 53.1 Å². The largest absolute Gasteiger partial charge is 0.488 e. The van der Waals surface area contributed by atoms with Gasteiger partial charge in [0.2, 0.25) is 0 Å². The van der Waals surface area contributed by atoms with Crippen LogP contribution < -0.4 is 4.74 Å². The lowest BCUT2D eigenvalue weighted by Crippen LogP contribution is -2.27. The van der Waals surface area contributed by atoms with Gasteiger partial charge < -0.3 is 9.84 Å². The van der Waals surface area contributed by atoms with E-state index in [4.69, 9.17) is 4.74 Å². The number of aliphatic hydroxyl groups is 1. The van der Waals surface area contributed by atoms with Gasteiger partial charge in [-0.1, -0.05) is 54.6 Å². The molecule has 1 saturated heterocycles. The lowest BCUT2D eigenvalue weighted by atomic mass is 9.96. The van der Waals surface area contributed by atoms with Crippen molar-refractivity contribution in [1.82, 2.24) is 4.90 Å². The van der Waals surface area contributed by atoms with E-state index in [1.165, 1.54) is 50.9 Å². The fourth-order valence-electron chi connectivity index (χ4n) is 5.77. The predicted octanol–water partition coefficient (Wildman–Crippen LogP) is 5.99. The minimum absolute atomic E-state index is 0.188. The highest BCUT2D eigenvalue weighted by molar-refractivity contribution is 5.68. The first-order valence-corrected chi connectivity index (χ1v) is 12.3. The Bertz CT molecular complexity index is 1140. The van der Waals surface area contributed by atoms with Crippen molar-refractivity contribution in [3.8, 4) is 16.9 Å². The van der Waals surface area contributed by atoms with Gasteiger partial charge in [-0.25, -0.2) is 0 Å². The van der Waals surface area contributed by atoms with Gasteiger partial charge in [-0.15, -0.1) is 0 Å². The maximum absolute atomic E-state index is 10.1. The zero-order chi connectivity index (χ0) is 22.9. The maximum Gasteiger partial charge on any atom is 0.126 e. The molecule has 5 rings (SSSR count). The van der Waals surface area contributed by atoms with Crippen LogP contribution in [0.25, 0.3) is 11.1 Å². The second-order valence-corrected chi connectivity index (χ2v) is 9.90. The van der Waals surface area contributed by atoms with E-state index in [0.717, 1.165) is 38.1 Å². The van der Waals surface area contributed by atoms with E-state index < -0.39 is 0 Å². The normalized spacial score (nSPS) is 20.2. The third-order valence-electron chi connectivity index (χ3n) is 7.59. The van der Waals surface area contributed by atoms with Crippen LogP contribution in [-0.2, 0) is 26.0 Å². The molecule has 0 amide bonds. The molecule has 3 aromatic rings. The zero-order valence-corrected chi connectivity index (χ0v) is 20.1. The smallest absolute Gasteiger partial charge is 0.126 e. The highest BCUT2D eigenvalue weighted by Gasteiger charge is 2.29. The molecule has 1 N–H and O–H groups in total. The van der Waals surface area contributed by atoms with Crippen molar-refractivity contribution in [1.29, 1.82) is 0 Å². The van der Waals surface area contributed by atoms with Gasteiger partial charge in [-0.05, 0) is 91.0 Å². The summed E-state index contributed by atoms with van der Waals surface area (Å²) >= 11 is 0. The van der Waals surface area contributed by atoms with Crippen molar-refractivity contribution >= 4 is 0 Å². The molecule has 0 spiro atoms. The number of ether oxygens (including phenoxy) is 1. The molecule has 3 heteroatoms. The van der Waals surface area contributed by atoms with Crippen molar-refractivity contribution in [2.45, 2.75) is 71.8 Å². The quantitative estimate of drug-likeness (QED) is 0.510. The van der Waals surface area contributed by atoms with Crippen molar-refractivity contribution in [2.75, 3.05) is 6.54 Å². The molecule has 1 fully saturated rings. The van der Waals surface area contributed by atoms with Gasteiger partial charge >= 0.3 is 0 Å². The molecule has 0 unspecified atom stereocenters. The third-order valence-corrected chi connectivity index (χ3v) is 7.59. The van der Waals surface area contributed by atoms with Crippen LogP contribution in [-0.4, -0.2) is 28.7 Å². The summed E-state index contributed by atoms with van der Waals surface area (Å²) in [5.41, 5.74) is 10.6. The Kier molecular flexibility index (Phi) is 6.27. The van der Waals surface area contributed by atoms with Crippen LogP contribution in [0.4, 0.5) is 0 Å². The number of β-amino-alcohol motifs (C(OH)–C–C–N with tert-alkyl or cyclic N) is 1. The summed E-state index contributed by atoms with van der Waals surface area (Å²) in [6.45, 7) is 8.92. The molecule has 1 aliphatic carbocycles. The molecule has 3 nitrogen and oxygen atoms in total. The molecular weight excluding hydrogens is 406 g/mol. The van der Waals surface area contributed by atoms with Gasteiger partial charge in [0, 0.05) is 19.1 Å². The summed E-state index contributed by atoms with van der Waals surface area (Å²) in [7, 11) is 0. The van der Waals surface area contributed by atoms with Gasteiger partial charge in [-0.3, -0.25) is 4.90 Å². The minimum Gasteiger partial charge on any atom is -0.488 e. The average Bonchev–Trinajstić information content (AvgIpc) is 3.41. The van der Waals surface area contributed by atoms with E-state index in [0.29, 0.717) is 12.6 Å². The van der Waals surface area contributed by atoms with Gasteiger partial charge in [0.1, 0.15) is 12.4 Å². The van der Waals surface area contributed by atoms with Crippen molar-refractivity contribution in [3.05, 3.63) is 88.0 Å². The first-order valence-electron chi connectivity index (χ1n) is 12.3. The molecular formula is C30H35NO2. The van der Waals surface area contributed by atoms with E-state index >= 15 is 0 Å². The number of likely N-dealkylation sites (tertiary alicyclic amines) is 1. The Balaban J connectivity index is 1.39. The molecule has 33 heavy (non-hydrogen) atoms. The van der Waals surface area contributed by atoms with Gasteiger partial charge in [0.15, 0.2) is 0 Å². The van der Waals surface area contributed by atoms with Crippen molar-refractivity contribution in [3.63, 3.8) is 0 Å². The van der Waals surface area contributed by atoms with Crippen LogP contribution in [0, 0.1) is 13.8 Å². The lowest BCUT2D eigenvalue weighted by Gasteiger charge is -2.24. The van der Waals surface area contributed by atoms with Crippen LogP contribution >= 0.6 is 0 Å². The molecule has 2 atom stereocenters. The van der Waals surface area contributed by atoms with Gasteiger partial charge in [0.25, 0.3) is 0 Å². The Labute approximate surface area is 198 Å². The predicted molar refractivity (Wildman–Crippen MR) is 135 cm³/mol. The molecule has 1 aliphatic heterocycles. The number of aryl methyl sites for hydroxylation is 1. The molecule has 172 valence electrons. The second-order valence-electron chi connectivity index (χ2n) is 9.90. The fourth-order valence-corrected chi connectivity index (χ4v) is 5.77. The SMILES string of the molecule is Cc1cc(CN2C[C@H](O)C[C@H]2C)c2c(c1OCc1cccc(-c3ccccc3)c1C)CCC2. The Morgan fingerprint density at radius 1 is 0.970 bits per heavy atom. The number of rotatable bonds is 6. The van der Waals surface area contributed by atoms with Gasteiger partial charge in [-0.2, -0.15) is 0 Å². The average molecular weight is 442 g/mol. The molecule has 2 aliphatic rings. The lowest BCUT2D eigenvalue weighted by molar-refractivity contribution is 0.173.